The number of anilines is 2. The van der Waals surface area contributed by atoms with Crippen LogP contribution in [-0.4, -0.2) is 30.3 Å². The molecule has 0 unspecified atom stereocenters. The molecule has 0 aliphatic carbocycles. The minimum absolute atomic E-state index is 0.150. The summed E-state index contributed by atoms with van der Waals surface area (Å²) in [4.78, 5) is 12.4. The van der Waals surface area contributed by atoms with Gasteiger partial charge in [0.15, 0.2) is 5.69 Å². The van der Waals surface area contributed by atoms with Crippen molar-refractivity contribution in [1.29, 1.82) is 0 Å². The Morgan fingerprint density at radius 1 is 1.00 bits per heavy atom. The van der Waals surface area contributed by atoms with E-state index in [9.17, 15) is 9.18 Å². The van der Waals surface area contributed by atoms with E-state index in [4.69, 9.17) is 9.47 Å². The highest BCUT2D eigenvalue weighted by molar-refractivity contribution is 6.03. The summed E-state index contributed by atoms with van der Waals surface area (Å²) in [5.74, 6) is 0.873. The highest BCUT2D eigenvalue weighted by Gasteiger charge is 2.13. The van der Waals surface area contributed by atoms with Crippen molar-refractivity contribution in [3.05, 3.63) is 71.7 Å². The molecule has 0 aliphatic rings. The van der Waals surface area contributed by atoms with Gasteiger partial charge in [0.1, 0.15) is 23.1 Å². The van der Waals surface area contributed by atoms with Gasteiger partial charge in [-0.2, -0.15) is 0 Å². The van der Waals surface area contributed by atoms with Crippen molar-refractivity contribution in [3.63, 3.8) is 0 Å². The summed E-state index contributed by atoms with van der Waals surface area (Å²) in [6.45, 7) is 0.460. The maximum Gasteiger partial charge on any atom is 0.276 e. The normalized spacial score (nSPS) is 10.2. The zero-order valence-electron chi connectivity index (χ0n) is 15.4. The number of ether oxygens (including phenoxy) is 2. The Morgan fingerprint density at radius 2 is 1.79 bits per heavy atom. The standard InChI is InChI=1S/C20H19FN4O3/c1-27-15-7-9-18(28-2)17(11-15)23-20(26)16-8-10-19(25-24-16)22-12-13-3-5-14(21)6-4-13/h3-11H,12H2,1-2H3,(H,22,25)(H,23,26). The SMILES string of the molecule is COc1ccc(OC)c(NC(=O)c2ccc(NCc3ccc(F)cc3)nn2)c1. The minimum atomic E-state index is -0.427. The molecule has 1 aromatic heterocycles. The Labute approximate surface area is 161 Å². The van der Waals surface area contributed by atoms with Crippen LogP contribution in [0.3, 0.4) is 0 Å². The van der Waals surface area contributed by atoms with Crippen LogP contribution in [0.5, 0.6) is 11.5 Å². The molecule has 2 aromatic carbocycles. The van der Waals surface area contributed by atoms with Crippen LogP contribution in [0.4, 0.5) is 15.9 Å². The molecule has 0 radical (unpaired) electrons. The summed E-state index contributed by atoms with van der Waals surface area (Å²) in [7, 11) is 3.05. The molecule has 7 nitrogen and oxygen atoms in total. The maximum atomic E-state index is 12.9. The van der Waals surface area contributed by atoms with Crippen molar-refractivity contribution in [2.75, 3.05) is 24.9 Å². The molecule has 0 bridgehead atoms. The van der Waals surface area contributed by atoms with Gasteiger partial charge >= 0.3 is 0 Å². The lowest BCUT2D eigenvalue weighted by Gasteiger charge is -2.11. The molecule has 2 N–H and O–H groups in total. The third kappa shape index (κ3) is 4.73. The average Bonchev–Trinajstić information content (AvgIpc) is 2.73. The highest BCUT2D eigenvalue weighted by atomic mass is 19.1. The number of amides is 1. The van der Waals surface area contributed by atoms with Gasteiger partial charge in [0.25, 0.3) is 5.91 Å². The number of rotatable bonds is 7. The fourth-order valence-corrected chi connectivity index (χ4v) is 2.44. The predicted molar refractivity (Wildman–Crippen MR) is 103 cm³/mol. The lowest BCUT2D eigenvalue weighted by atomic mass is 10.2. The number of nitrogens with zero attached hydrogens (tertiary/aromatic N) is 2. The third-order valence-corrected chi connectivity index (χ3v) is 3.94. The van der Waals surface area contributed by atoms with Crippen molar-refractivity contribution in [1.82, 2.24) is 10.2 Å². The van der Waals surface area contributed by atoms with Crippen LogP contribution in [0.1, 0.15) is 16.1 Å². The molecule has 1 heterocycles. The zero-order chi connectivity index (χ0) is 19.9. The lowest BCUT2D eigenvalue weighted by molar-refractivity contribution is 0.102. The number of nitrogens with one attached hydrogen (secondary N) is 2. The molecule has 1 amide bonds. The summed E-state index contributed by atoms with van der Waals surface area (Å²) < 4.78 is 23.3. The van der Waals surface area contributed by atoms with Crippen LogP contribution in [-0.2, 0) is 6.54 Å². The van der Waals surface area contributed by atoms with Gasteiger partial charge in [0.05, 0.1) is 19.9 Å². The quantitative estimate of drug-likeness (QED) is 0.651. The Hall–Kier alpha value is -3.68. The van der Waals surface area contributed by atoms with Crippen molar-refractivity contribution < 1.29 is 18.7 Å². The summed E-state index contributed by atoms with van der Waals surface area (Å²) >= 11 is 0. The summed E-state index contributed by atoms with van der Waals surface area (Å²) in [6, 6.07) is 14.4. The second-order valence-electron chi connectivity index (χ2n) is 5.80. The Morgan fingerprint density at radius 3 is 2.43 bits per heavy atom. The van der Waals surface area contributed by atoms with Crippen molar-refractivity contribution in [2.45, 2.75) is 6.54 Å². The summed E-state index contributed by atoms with van der Waals surface area (Å²) in [5.41, 5.74) is 1.51. The Balaban J connectivity index is 1.64. The molecule has 8 heteroatoms. The van der Waals surface area contributed by atoms with E-state index in [0.29, 0.717) is 29.5 Å². The molecular formula is C20H19FN4O3. The van der Waals surface area contributed by atoms with Crippen molar-refractivity contribution >= 4 is 17.4 Å². The van der Waals surface area contributed by atoms with Gasteiger partial charge in [0.2, 0.25) is 0 Å². The van der Waals surface area contributed by atoms with E-state index in [1.165, 1.54) is 26.4 Å². The number of aromatic nitrogens is 2. The number of methoxy groups -OCH3 is 2. The van der Waals surface area contributed by atoms with Crippen LogP contribution in [0, 0.1) is 5.82 Å². The first-order valence-corrected chi connectivity index (χ1v) is 8.44. The van der Waals surface area contributed by atoms with Crippen LogP contribution < -0.4 is 20.1 Å². The van der Waals surface area contributed by atoms with Crippen LogP contribution >= 0.6 is 0 Å². The van der Waals surface area contributed by atoms with E-state index in [1.807, 2.05) is 0 Å². The first-order valence-electron chi connectivity index (χ1n) is 8.44. The molecule has 3 rings (SSSR count). The van der Waals surface area contributed by atoms with E-state index < -0.39 is 5.91 Å². The fourth-order valence-electron chi connectivity index (χ4n) is 2.44. The minimum Gasteiger partial charge on any atom is -0.497 e. The molecule has 0 saturated heterocycles. The van der Waals surface area contributed by atoms with Gasteiger partial charge in [-0.05, 0) is 42.0 Å². The summed E-state index contributed by atoms with van der Waals surface area (Å²) in [6.07, 6.45) is 0. The Bertz CT molecular complexity index is 947. The molecule has 0 fully saturated rings. The molecule has 28 heavy (non-hydrogen) atoms. The van der Waals surface area contributed by atoms with Gasteiger partial charge in [-0.15, -0.1) is 10.2 Å². The molecule has 0 saturated carbocycles. The van der Waals surface area contributed by atoms with Crippen molar-refractivity contribution in [2.24, 2.45) is 0 Å². The van der Waals surface area contributed by atoms with Crippen LogP contribution in [0.25, 0.3) is 0 Å². The van der Waals surface area contributed by atoms with Gasteiger partial charge in [0, 0.05) is 12.6 Å². The van der Waals surface area contributed by atoms with E-state index in [-0.39, 0.29) is 11.5 Å². The number of benzene rings is 2. The van der Waals surface area contributed by atoms with E-state index in [2.05, 4.69) is 20.8 Å². The van der Waals surface area contributed by atoms with E-state index >= 15 is 0 Å². The smallest absolute Gasteiger partial charge is 0.276 e. The summed E-state index contributed by atoms with van der Waals surface area (Å²) in [5, 5.41) is 13.7. The van der Waals surface area contributed by atoms with Gasteiger partial charge in [-0.3, -0.25) is 4.79 Å². The second-order valence-corrected chi connectivity index (χ2v) is 5.80. The van der Waals surface area contributed by atoms with Crippen molar-refractivity contribution in [3.8, 4) is 11.5 Å². The van der Waals surface area contributed by atoms with E-state index in [0.717, 1.165) is 5.56 Å². The maximum absolute atomic E-state index is 12.9. The number of hydrogen-bond acceptors (Lipinski definition) is 6. The first kappa shape index (κ1) is 19.1. The molecule has 0 atom stereocenters. The number of halogens is 1. The monoisotopic (exact) mass is 382 g/mol. The predicted octanol–water partition coefficient (Wildman–Crippen LogP) is 3.50. The molecule has 0 spiro atoms. The molecule has 3 aromatic rings. The van der Waals surface area contributed by atoms with E-state index in [1.54, 1.807) is 42.5 Å². The number of carbonyl (C=O) groups is 1. The second kappa shape index (κ2) is 8.81. The number of hydrogen-bond donors (Lipinski definition) is 2. The van der Waals surface area contributed by atoms with Gasteiger partial charge in [-0.1, -0.05) is 12.1 Å². The highest BCUT2D eigenvalue weighted by Crippen LogP contribution is 2.29. The molecule has 0 aliphatic heterocycles. The average molecular weight is 382 g/mol. The fraction of sp³-hybridized carbons (Fsp3) is 0.150. The topological polar surface area (TPSA) is 85.4 Å². The van der Waals surface area contributed by atoms with Crippen LogP contribution in [0.15, 0.2) is 54.6 Å². The van der Waals surface area contributed by atoms with Gasteiger partial charge in [-0.25, -0.2) is 4.39 Å². The van der Waals surface area contributed by atoms with Gasteiger partial charge < -0.3 is 20.1 Å². The molecule has 144 valence electrons. The largest absolute Gasteiger partial charge is 0.497 e. The lowest BCUT2D eigenvalue weighted by Crippen LogP contribution is -2.15. The third-order valence-electron chi connectivity index (χ3n) is 3.94. The zero-order valence-corrected chi connectivity index (χ0v) is 15.4. The van der Waals surface area contributed by atoms with Crippen LogP contribution in [0.2, 0.25) is 0 Å². The Kier molecular flexibility index (Phi) is 6.01. The molecular weight excluding hydrogens is 363 g/mol. The number of carbonyl (C=O) groups excluding carboxylic acids is 1. The first-order chi connectivity index (χ1) is 13.6.